The van der Waals surface area contributed by atoms with Crippen molar-refractivity contribution < 1.29 is 13.9 Å². The zero-order valence-corrected chi connectivity index (χ0v) is 15.3. The monoisotopic (exact) mass is 369 g/mol. The first-order valence-electron chi connectivity index (χ1n) is 9.61. The van der Waals surface area contributed by atoms with Gasteiger partial charge in [0.05, 0.1) is 11.8 Å². The minimum absolute atomic E-state index is 0.0253. The van der Waals surface area contributed by atoms with E-state index in [-0.39, 0.29) is 11.7 Å². The van der Waals surface area contributed by atoms with E-state index in [1.165, 1.54) is 37.6 Å². The number of aromatic nitrogens is 1. The largest absolute Gasteiger partial charge is 0.456 e. The minimum atomic E-state index is -0.367. The number of benzene rings is 1. The number of ether oxygens (including phenoxy) is 1. The van der Waals surface area contributed by atoms with Crippen molar-refractivity contribution in [3.63, 3.8) is 0 Å². The molecule has 0 spiro atoms. The summed E-state index contributed by atoms with van der Waals surface area (Å²) >= 11 is 0. The first-order chi connectivity index (χ1) is 13.2. The van der Waals surface area contributed by atoms with Crippen molar-refractivity contribution in [2.24, 2.45) is 0 Å². The number of hydrogen-bond acceptors (Lipinski definition) is 4. The first-order valence-corrected chi connectivity index (χ1v) is 9.61. The summed E-state index contributed by atoms with van der Waals surface area (Å²) in [6.45, 7) is 3.50. The van der Waals surface area contributed by atoms with Gasteiger partial charge in [-0.05, 0) is 37.5 Å². The summed E-state index contributed by atoms with van der Waals surface area (Å²) in [5, 5.41) is 0. The Kier molecular flexibility index (Phi) is 5.34. The molecule has 1 aromatic heterocycles. The Morgan fingerprint density at radius 1 is 1.04 bits per heavy atom. The Bertz CT molecular complexity index is 810. The van der Waals surface area contributed by atoms with Crippen LogP contribution in [0.15, 0.2) is 42.7 Å². The van der Waals surface area contributed by atoms with Crippen LogP contribution in [0, 0.1) is 5.82 Å². The highest BCUT2D eigenvalue weighted by atomic mass is 19.1. The predicted octanol–water partition coefficient (Wildman–Crippen LogP) is 3.71. The van der Waals surface area contributed by atoms with Crippen LogP contribution >= 0.6 is 0 Å². The lowest BCUT2D eigenvalue weighted by atomic mass is 9.91. The molecule has 1 aromatic carbocycles. The van der Waals surface area contributed by atoms with E-state index >= 15 is 0 Å². The first kappa shape index (κ1) is 17.9. The molecule has 142 valence electrons. The van der Waals surface area contributed by atoms with Gasteiger partial charge >= 0.3 is 0 Å². The fourth-order valence-electron chi connectivity index (χ4n) is 3.70. The van der Waals surface area contributed by atoms with E-state index in [0.29, 0.717) is 23.1 Å². The average molecular weight is 369 g/mol. The van der Waals surface area contributed by atoms with Crippen LogP contribution in [-0.2, 0) is 0 Å². The van der Waals surface area contributed by atoms with Crippen LogP contribution < -0.4 is 4.74 Å². The highest BCUT2D eigenvalue weighted by molar-refractivity contribution is 5.94. The van der Waals surface area contributed by atoms with Gasteiger partial charge in [-0.25, -0.2) is 4.39 Å². The number of rotatable bonds is 4. The molecule has 1 saturated heterocycles. The number of amides is 1. The standard InChI is InChI=1S/C21H24FN3O2/c22-17-4-1-7-19(13-17)27-20-12-16(14-23-15-20)21(26)25-9-3-8-24(10-11-25)18-5-2-6-18/h1,4,7,12-15,18H,2-3,5-6,8-11H2. The van der Waals surface area contributed by atoms with Crippen molar-refractivity contribution in [1.82, 2.24) is 14.8 Å². The predicted molar refractivity (Wildman–Crippen MR) is 100 cm³/mol. The van der Waals surface area contributed by atoms with E-state index in [0.717, 1.165) is 32.6 Å². The second kappa shape index (κ2) is 8.05. The number of carbonyl (C=O) groups excluding carboxylic acids is 1. The SMILES string of the molecule is O=C(c1cncc(Oc2cccc(F)c2)c1)N1CCCN(C2CCC2)CC1. The molecule has 0 radical (unpaired) electrons. The summed E-state index contributed by atoms with van der Waals surface area (Å²) in [5.74, 6) is 0.417. The molecule has 2 aromatic rings. The molecule has 2 aliphatic rings. The smallest absolute Gasteiger partial charge is 0.255 e. The van der Waals surface area contributed by atoms with Crippen molar-refractivity contribution in [3.05, 3.63) is 54.1 Å². The lowest BCUT2D eigenvalue weighted by molar-refractivity contribution is 0.0749. The van der Waals surface area contributed by atoms with E-state index in [1.54, 1.807) is 24.4 Å². The van der Waals surface area contributed by atoms with E-state index in [4.69, 9.17) is 4.74 Å². The molecule has 0 bridgehead atoms. The maximum Gasteiger partial charge on any atom is 0.255 e. The fourth-order valence-corrected chi connectivity index (χ4v) is 3.70. The maximum atomic E-state index is 13.3. The molecule has 0 unspecified atom stereocenters. The Morgan fingerprint density at radius 3 is 2.70 bits per heavy atom. The van der Waals surface area contributed by atoms with Crippen molar-refractivity contribution in [2.45, 2.75) is 31.7 Å². The molecular weight excluding hydrogens is 345 g/mol. The van der Waals surface area contributed by atoms with Crippen LogP contribution in [0.1, 0.15) is 36.0 Å². The number of halogens is 1. The van der Waals surface area contributed by atoms with Gasteiger partial charge in [0.1, 0.15) is 17.3 Å². The molecule has 1 aliphatic carbocycles. The molecule has 1 saturated carbocycles. The second-order valence-corrected chi connectivity index (χ2v) is 7.24. The van der Waals surface area contributed by atoms with Crippen molar-refractivity contribution in [3.8, 4) is 11.5 Å². The zero-order chi connectivity index (χ0) is 18.6. The molecule has 27 heavy (non-hydrogen) atoms. The Labute approximate surface area is 158 Å². The van der Waals surface area contributed by atoms with Gasteiger partial charge in [0.25, 0.3) is 5.91 Å². The molecule has 5 nitrogen and oxygen atoms in total. The summed E-state index contributed by atoms with van der Waals surface area (Å²) in [7, 11) is 0. The van der Waals surface area contributed by atoms with Gasteiger partial charge in [0.15, 0.2) is 0 Å². The molecule has 2 heterocycles. The summed E-state index contributed by atoms with van der Waals surface area (Å²) < 4.78 is 19.0. The average Bonchev–Trinajstić information content (AvgIpc) is 2.86. The molecule has 6 heteroatoms. The van der Waals surface area contributed by atoms with Crippen LogP contribution in [-0.4, -0.2) is 52.9 Å². The molecule has 0 atom stereocenters. The summed E-state index contributed by atoms with van der Waals surface area (Å²) in [6.07, 6.45) is 8.00. The molecule has 1 aliphatic heterocycles. The summed E-state index contributed by atoms with van der Waals surface area (Å²) in [4.78, 5) is 21.5. The van der Waals surface area contributed by atoms with Gasteiger partial charge in [0.2, 0.25) is 0 Å². The minimum Gasteiger partial charge on any atom is -0.456 e. The quantitative estimate of drug-likeness (QED) is 0.824. The van der Waals surface area contributed by atoms with E-state index in [1.807, 2.05) is 4.90 Å². The van der Waals surface area contributed by atoms with Crippen LogP contribution in [0.2, 0.25) is 0 Å². The van der Waals surface area contributed by atoms with Gasteiger partial charge in [0, 0.05) is 44.5 Å². The summed E-state index contributed by atoms with van der Waals surface area (Å²) in [6, 6.07) is 8.30. The topological polar surface area (TPSA) is 45.7 Å². The number of pyridine rings is 1. The van der Waals surface area contributed by atoms with Gasteiger partial charge < -0.3 is 9.64 Å². The molecule has 4 rings (SSSR count). The third kappa shape index (κ3) is 4.27. The van der Waals surface area contributed by atoms with Crippen LogP contribution in [0.25, 0.3) is 0 Å². The van der Waals surface area contributed by atoms with Crippen molar-refractivity contribution in [2.75, 3.05) is 26.2 Å². The number of hydrogen-bond donors (Lipinski definition) is 0. The Balaban J connectivity index is 1.42. The van der Waals surface area contributed by atoms with Crippen molar-refractivity contribution >= 4 is 5.91 Å². The van der Waals surface area contributed by atoms with Gasteiger partial charge in [-0.1, -0.05) is 12.5 Å². The highest BCUT2D eigenvalue weighted by Gasteiger charge is 2.28. The van der Waals surface area contributed by atoms with Crippen molar-refractivity contribution in [1.29, 1.82) is 0 Å². The highest BCUT2D eigenvalue weighted by Crippen LogP contribution is 2.26. The molecule has 1 amide bonds. The van der Waals surface area contributed by atoms with E-state index < -0.39 is 0 Å². The molecular formula is C21H24FN3O2. The van der Waals surface area contributed by atoms with Gasteiger partial charge in [-0.15, -0.1) is 0 Å². The van der Waals surface area contributed by atoms with Crippen LogP contribution in [0.5, 0.6) is 11.5 Å². The van der Waals surface area contributed by atoms with E-state index in [2.05, 4.69) is 9.88 Å². The number of nitrogens with zero attached hydrogens (tertiary/aromatic N) is 3. The number of carbonyl (C=O) groups is 1. The fraction of sp³-hybridized carbons (Fsp3) is 0.429. The van der Waals surface area contributed by atoms with Crippen LogP contribution in [0.4, 0.5) is 4.39 Å². The molecule has 2 fully saturated rings. The van der Waals surface area contributed by atoms with Gasteiger partial charge in [-0.2, -0.15) is 0 Å². The molecule has 0 N–H and O–H groups in total. The normalized spacial score (nSPS) is 18.6. The zero-order valence-electron chi connectivity index (χ0n) is 15.3. The lowest BCUT2D eigenvalue weighted by Gasteiger charge is -2.36. The Morgan fingerprint density at radius 2 is 1.93 bits per heavy atom. The maximum absolute atomic E-state index is 13.3. The lowest BCUT2D eigenvalue weighted by Crippen LogP contribution is -2.42. The van der Waals surface area contributed by atoms with Gasteiger partial charge in [-0.3, -0.25) is 14.7 Å². The summed E-state index contributed by atoms with van der Waals surface area (Å²) in [5.41, 5.74) is 0.501. The third-order valence-electron chi connectivity index (χ3n) is 5.40. The third-order valence-corrected chi connectivity index (χ3v) is 5.40. The second-order valence-electron chi connectivity index (χ2n) is 7.24. The Hall–Kier alpha value is -2.47. The van der Waals surface area contributed by atoms with Crippen LogP contribution in [0.3, 0.4) is 0 Å². The van der Waals surface area contributed by atoms with E-state index in [9.17, 15) is 9.18 Å².